The largest absolute Gasteiger partial charge is 0.336 e. The molecule has 0 aliphatic carbocycles. The predicted molar refractivity (Wildman–Crippen MR) is 97.3 cm³/mol. The Morgan fingerprint density at radius 1 is 1.15 bits per heavy atom. The maximum atomic E-state index is 12.2. The molecule has 3 aromatic rings. The van der Waals surface area contributed by atoms with Crippen LogP contribution in [0.4, 0.5) is 0 Å². The van der Waals surface area contributed by atoms with E-state index in [1.165, 1.54) is 0 Å². The van der Waals surface area contributed by atoms with Gasteiger partial charge in [0.15, 0.2) is 5.82 Å². The first kappa shape index (κ1) is 16.7. The van der Waals surface area contributed by atoms with Crippen LogP contribution in [0.25, 0.3) is 5.82 Å². The van der Waals surface area contributed by atoms with Crippen molar-refractivity contribution < 1.29 is 0 Å². The van der Waals surface area contributed by atoms with Crippen LogP contribution in [-0.2, 0) is 13.1 Å². The van der Waals surface area contributed by atoms with Crippen LogP contribution in [0.3, 0.4) is 0 Å². The fourth-order valence-corrected chi connectivity index (χ4v) is 3.44. The molecule has 8 nitrogen and oxygen atoms in total. The van der Waals surface area contributed by atoms with Crippen LogP contribution in [0.2, 0.25) is 0 Å². The lowest BCUT2D eigenvalue weighted by atomic mass is 10.0. The summed E-state index contributed by atoms with van der Waals surface area (Å²) in [5.74, 6) is 1.14. The van der Waals surface area contributed by atoms with Gasteiger partial charge in [-0.05, 0) is 26.0 Å². The second kappa shape index (κ2) is 6.87. The van der Waals surface area contributed by atoms with Gasteiger partial charge in [0.05, 0.1) is 18.6 Å². The maximum Gasteiger partial charge on any atom is 0.266 e. The van der Waals surface area contributed by atoms with Gasteiger partial charge in [-0.15, -0.1) is 5.10 Å². The average molecular weight is 353 g/mol. The highest BCUT2D eigenvalue weighted by Gasteiger charge is 2.27. The van der Waals surface area contributed by atoms with E-state index in [-0.39, 0.29) is 5.56 Å². The normalized spacial score (nSPS) is 15.3. The third-order valence-corrected chi connectivity index (χ3v) is 4.78. The summed E-state index contributed by atoms with van der Waals surface area (Å²) in [6, 6.07) is 5.31. The van der Waals surface area contributed by atoms with E-state index in [0.717, 1.165) is 37.6 Å². The first-order valence-electron chi connectivity index (χ1n) is 8.88. The Labute approximate surface area is 151 Å². The lowest BCUT2D eigenvalue weighted by Crippen LogP contribution is -2.50. The molecular weight excluding hydrogens is 330 g/mol. The van der Waals surface area contributed by atoms with Crippen molar-refractivity contribution in [2.75, 3.05) is 19.6 Å². The van der Waals surface area contributed by atoms with E-state index in [4.69, 9.17) is 0 Å². The highest BCUT2D eigenvalue weighted by atomic mass is 16.1. The Kier molecular flexibility index (Phi) is 4.42. The first-order valence-corrected chi connectivity index (χ1v) is 8.88. The monoisotopic (exact) mass is 353 g/mol. The fourth-order valence-electron chi connectivity index (χ4n) is 3.44. The maximum absolute atomic E-state index is 12.2. The molecule has 0 atom stereocenters. The molecule has 8 heteroatoms. The molecule has 1 saturated heterocycles. The minimum atomic E-state index is -0.0628. The van der Waals surface area contributed by atoms with Crippen LogP contribution in [0.1, 0.15) is 11.4 Å². The van der Waals surface area contributed by atoms with Gasteiger partial charge in [0, 0.05) is 56.3 Å². The second-order valence-corrected chi connectivity index (χ2v) is 6.98. The summed E-state index contributed by atoms with van der Waals surface area (Å²) in [5, 5.41) is 8.97. The lowest BCUT2D eigenvalue weighted by molar-refractivity contribution is 0.0805. The van der Waals surface area contributed by atoms with E-state index in [0.29, 0.717) is 18.3 Å². The number of imidazole rings is 1. The molecule has 0 saturated carbocycles. The van der Waals surface area contributed by atoms with E-state index in [2.05, 4.69) is 24.6 Å². The summed E-state index contributed by atoms with van der Waals surface area (Å²) in [6.45, 7) is 8.51. The van der Waals surface area contributed by atoms with E-state index >= 15 is 0 Å². The molecule has 0 radical (unpaired) electrons. The minimum absolute atomic E-state index is 0.0628. The van der Waals surface area contributed by atoms with Gasteiger partial charge in [-0.25, -0.2) is 14.3 Å². The molecule has 0 N–H and O–H groups in total. The predicted octanol–water partition coefficient (Wildman–Crippen LogP) is 0.874. The van der Waals surface area contributed by atoms with Gasteiger partial charge in [0.2, 0.25) is 0 Å². The second-order valence-electron chi connectivity index (χ2n) is 6.98. The molecule has 4 heterocycles. The van der Waals surface area contributed by atoms with Crippen LogP contribution in [0.5, 0.6) is 0 Å². The molecule has 136 valence electrons. The number of likely N-dealkylation sites (tertiary alicyclic amines) is 1. The van der Waals surface area contributed by atoms with Crippen molar-refractivity contribution in [3.63, 3.8) is 0 Å². The smallest absolute Gasteiger partial charge is 0.266 e. The highest BCUT2D eigenvalue weighted by Crippen LogP contribution is 2.17. The molecule has 4 rings (SSSR count). The zero-order valence-electron chi connectivity index (χ0n) is 15.1. The van der Waals surface area contributed by atoms with Crippen molar-refractivity contribution in [1.29, 1.82) is 0 Å². The quantitative estimate of drug-likeness (QED) is 0.658. The summed E-state index contributed by atoms with van der Waals surface area (Å²) < 4.78 is 5.43. The summed E-state index contributed by atoms with van der Waals surface area (Å²) >= 11 is 0. The molecule has 0 aromatic carbocycles. The lowest BCUT2D eigenvalue weighted by Gasteiger charge is -2.39. The van der Waals surface area contributed by atoms with Gasteiger partial charge >= 0.3 is 0 Å². The van der Waals surface area contributed by atoms with Gasteiger partial charge in [0.1, 0.15) is 0 Å². The van der Waals surface area contributed by atoms with Gasteiger partial charge < -0.3 is 9.47 Å². The van der Waals surface area contributed by atoms with Crippen molar-refractivity contribution in [2.45, 2.75) is 26.9 Å². The van der Waals surface area contributed by atoms with Gasteiger partial charge in [0.25, 0.3) is 5.56 Å². The van der Waals surface area contributed by atoms with Gasteiger partial charge in [-0.3, -0.25) is 4.79 Å². The molecule has 1 aliphatic heterocycles. The highest BCUT2D eigenvalue weighted by molar-refractivity contribution is 5.23. The van der Waals surface area contributed by atoms with Gasteiger partial charge in [-0.1, -0.05) is 0 Å². The molecule has 0 amide bonds. The Hall–Kier alpha value is -2.74. The Morgan fingerprint density at radius 3 is 2.69 bits per heavy atom. The molecule has 0 bridgehead atoms. The molecular formula is C18H23N7O. The number of nitrogens with zero attached hydrogens (tertiary/aromatic N) is 7. The number of aromatic nitrogens is 6. The molecule has 0 spiro atoms. The van der Waals surface area contributed by atoms with E-state index in [1.807, 2.05) is 32.4 Å². The molecule has 0 unspecified atom stereocenters. The van der Waals surface area contributed by atoms with Crippen molar-refractivity contribution in [1.82, 2.24) is 34.0 Å². The van der Waals surface area contributed by atoms with Crippen LogP contribution in [0, 0.1) is 19.8 Å². The van der Waals surface area contributed by atoms with Crippen molar-refractivity contribution in [3.8, 4) is 5.82 Å². The van der Waals surface area contributed by atoms with Crippen molar-refractivity contribution >= 4 is 0 Å². The van der Waals surface area contributed by atoms with Crippen LogP contribution in [-0.4, -0.2) is 53.6 Å². The molecule has 26 heavy (non-hydrogen) atoms. The third-order valence-electron chi connectivity index (χ3n) is 4.78. The number of rotatable bonds is 6. The first-order chi connectivity index (χ1) is 12.6. The van der Waals surface area contributed by atoms with Crippen molar-refractivity contribution in [3.05, 3.63) is 58.7 Å². The third kappa shape index (κ3) is 3.45. The summed E-state index contributed by atoms with van der Waals surface area (Å²) in [5.41, 5.74) is 1.89. The Bertz CT molecular complexity index is 935. The summed E-state index contributed by atoms with van der Waals surface area (Å²) in [7, 11) is 0. The minimum Gasteiger partial charge on any atom is -0.336 e. The Balaban J connectivity index is 1.37. The zero-order valence-corrected chi connectivity index (χ0v) is 15.1. The van der Waals surface area contributed by atoms with E-state index in [1.54, 1.807) is 27.7 Å². The molecule has 1 aliphatic rings. The number of hydrogen-bond donors (Lipinski definition) is 0. The summed E-state index contributed by atoms with van der Waals surface area (Å²) in [4.78, 5) is 18.6. The zero-order chi connectivity index (χ0) is 18.1. The fraction of sp³-hybridized carbons (Fsp3) is 0.444. The topological polar surface area (TPSA) is 73.8 Å². The molecule has 1 fully saturated rings. The number of aryl methyl sites for hydroxylation is 2. The van der Waals surface area contributed by atoms with E-state index in [9.17, 15) is 4.79 Å². The van der Waals surface area contributed by atoms with Crippen molar-refractivity contribution in [2.24, 2.45) is 5.92 Å². The average Bonchev–Trinajstić information content (AvgIpc) is 3.20. The van der Waals surface area contributed by atoms with Crippen LogP contribution in [0.15, 0.2) is 41.7 Å². The van der Waals surface area contributed by atoms with E-state index < -0.39 is 0 Å². The SMILES string of the molecule is Cc1cc(C)n(-c2ccc(=O)n(CC3CN(CCn4ccnc4)C3)n2)n1. The van der Waals surface area contributed by atoms with Gasteiger partial charge in [-0.2, -0.15) is 5.10 Å². The Morgan fingerprint density at radius 2 is 2.00 bits per heavy atom. The van der Waals surface area contributed by atoms with Crippen LogP contribution >= 0.6 is 0 Å². The molecule has 3 aromatic heterocycles. The number of hydrogen-bond acceptors (Lipinski definition) is 5. The van der Waals surface area contributed by atoms with Crippen LogP contribution < -0.4 is 5.56 Å². The summed E-state index contributed by atoms with van der Waals surface area (Å²) in [6.07, 6.45) is 5.61. The standard InChI is InChI=1S/C18H23N7O/c1-14-9-15(2)25(20-14)17-3-4-18(26)24(21-17)12-16-10-23(11-16)8-7-22-6-5-19-13-22/h3-6,9,13,16H,7-8,10-12H2,1-2H3.